The van der Waals surface area contributed by atoms with E-state index in [1.54, 1.807) is 0 Å². The van der Waals surface area contributed by atoms with E-state index in [4.69, 9.17) is 18.0 Å². The van der Waals surface area contributed by atoms with Crippen LogP contribution in [-0.4, -0.2) is 35.0 Å². The number of hydrogen-bond acceptors (Lipinski definition) is 3. The lowest BCUT2D eigenvalue weighted by Gasteiger charge is -2.23. The summed E-state index contributed by atoms with van der Waals surface area (Å²) in [7, 11) is 2.11. The minimum Gasteiger partial charge on any atom is -0.393 e. The Morgan fingerprint density at radius 2 is 1.86 bits per heavy atom. The average Bonchev–Trinajstić information content (AvgIpc) is 2.52. The summed E-state index contributed by atoms with van der Waals surface area (Å²) >= 11 is 5.24. The fourth-order valence-electron chi connectivity index (χ4n) is 2.32. The molecule has 21 heavy (non-hydrogen) atoms. The van der Waals surface area contributed by atoms with Gasteiger partial charge in [0, 0.05) is 31.4 Å². The lowest BCUT2D eigenvalue weighted by molar-refractivity contribution is 0.335. The van der Waals surface area contributed by atoms with Crippen LogP contribution in [0.2, 0.25) is 0 Å². The molecule has 1 aromatic heterocycles. The molecule has 3 nitrogen and oxygen atoms in total. The molecule has 0 saturated heterocycles. The Bertz CT molecular complexity index is 557. The van der Waals surface area contributed by atoms with Gasteiger partial charge in [-0.25, -0.2) is 0 Å². The predicted octanol–water partition coefficient (Wildman–Crippen LogP) is 2.63. The van der Waals surface area contributed by atoms with Crippen molar-refractivity contribution in [3.8, 4) is 0 Å². The smallest absolute Gasteiger partial charge is 0.0816 e. The minimum atomic E-state index is 0.101. The predicted molar refractivity (Wildman–Crippen MR) is 91.4 cm³/mol. The van der Waals surface area contributed by atoms with Crippen molar-refractivity contribution in [2.45, 2.75) is 12.3 Å². The Hall–Kier alpha value is -1.78. The molecular formula is C17H21N3S. The summed E-state index contributed by atoms with van der Waals surface area (Å²) in [5.74, 6) is 0.101. The van der Waals surface area contributed by atoms with Gasteiger partial charge >= 0.3 is 0 Å². The fraction of sp³-hybridized carbons (Fsp3) is 0.294. The minimum absolute atomic E-state index is 0.101. The summed E-state index contributed by atoms with van der Waals surface area (Å²) in [6.45, 7) is 1.81. The van der Waals surface area contributed by atoms with Gasteiger partial charge in [-0.15, -0.1) is 0 Å². The largest absolute Gasteiger partial charge is 0.393 e. The second kappa shape index (κ2) is 7.86. The van der Waals surface area contributed by atoms with E-state index in [0.717, 1.165) is 19.5 Å². The third kappa shape index (κ3) is 4.92. The Morgan fingerprint density at radius 1 is 1.19 bits per heavy atom. The van der Waals surface area contributed by atoms with Gasteiger partial charge in [0.2, 0.25) is 0 Å². The molecule has 1 heterocycles. The molecule has 2 rings (SSSR count). The number of aromatic nitrogens is 1. The fourth-order valence-corrected chi connectivity index (χ4v) is 2.53. The molecule has 0 bridgehead atoms. The first-order valence-corrected chi connectivity index (χ1v) is 7.49. The van der Waals surface area contributed by atoms with Crippen molar-refractivity contribution in [1.29, 1.82) is 0 Å². The van der Waals surface area contributed by atoms with E-state index in [1.165, 1.54) is 11.1 Å². The second-order valence-electron chi connectivity index (χ2n) is 5.23. The zero-order valence-electron chi connectivity index (χ0n) is 12.3. The van der Waals surface area contributed by atoms with E-state index >= 15 is 0 Å². The first-order valence-electron chi connectivity index (χ1n) is 7.08. The molecular weight excluding hydrogens is 278 g/mol. The lowest BCUT2D eigenvalue weighted by Crippen LogP contribution is -2.32. The maximum Gasteiger partial charge on any atom is 0.0816 e. The summed E-state index contributed by atoms with van der Waals surface area (Å²) in [4.78, 5) is 6.86. The highest BCUT2D eigenvalue weighted by molar-refractivity contribution is 7.80. The van der Waals surface area contributed by atoms with Crippen LogP contribution in [0.5, 0.6) is 0 Å². The van der Waals surface area contributed by atoms with E-state index < -0.39 is 0 Å². The number of nitrogens with two attached hydrogens (primary N) is 1. The van der Waals surface area contributed by atoms with Crippen molar-refractivity contribution in [1.82, 2.24) is 9.88 Å². The molecule has 1 atom stereocenters. The second-order valence-corrected chi connectivity index (χ2v) is 5.70. The molecule has 0 radical (unpaired) electrons. The SMILES string of the molecule is CN(CCc1ccncc1)CC(C(N)=S)c1ccccc1. The van der Waals surface area contributed by atoms with Crippen molar-refractivity contribution in [3.05, 3.63) is 66.0 Å². The number of rotatable bonds is 7. The molecule has 0 amide bonds. The highest BCUT2D eigenvalue weighted by atomic mass is 32.1. The van der Waals surface area contributed by atoms with Crippen LogP contribution in [0.1, 0.15) is 17.0 Å². The van der Waals surface area contributed by atoms with Crippen LogP contribution < -0.4 is 5.73 Å². The third-order valence-corrected chi connectivity index (χ3v) is 3.86. The van der Waals surface area contributed by atoms with E-state index in [9.17, 15) is 0 Å². The lowest BCUT2D eigenvalue weighted by atomic mass is 9.98. The summed E-state index contributed by atoms with van der Waals surface area (Å²) in [6, 6.07) is 14.3. The molecule has 1 unspecified atom stereocenters. The first-order chi connectivity index (χ1) is 10.2. The van der Waals surface area contributed by atoms with Crippen molar-refractivity contribution in [2.75, 3.05) is 20.1 Å². The van der Waals surface area contributed by atoms with Crippen LogP contribution in [0.25, 0.3) is 0 Å². The average molecular weight is 299 g/mol. The Morgan fingerprint density at radius 3 is 2.48 bits per heavy atom. The Labute approximate surface area is 131 Å². The Balaban J connectivity index is 1.93. The standard InChI is InChI=1S/C17H21N3S/c1-20(12-9-14-7-10-19-11-8-14)13-16(17(18)21)15-5-3-2-4-6-15/h2-8,10-11,16H,9,12-13H2,1H3,(H2,18,21). The molecule has 0 aliphatic carbocycles. The maximum atomic E-state index is 5.92. The van der Waals surface area contributed by atoms with Crippen LogP contribution >= 0.6 is 12.2 Å². The topological polar surface area (TPSA) is 42.2 Å². The highest BCUT2D eigenvalue weighted by Crippen LogP contribution is 2.17. The van der Waals surface area contributed by atoms with Gasteiger partial charge in [0.1, 0.15) is 0 Å². The zero-order chi connectivity index (χ0) is 15.1. The van der Waals surface area contributed by atoms with Crippen molar-refractivity contribution in [3.63, 3.8) is 0 Å². The number of thiocarbonyl (C=S) groups is 1. The molecule has 0 fully saturated rings. The summed E-state index contributed by atoms with van der Waals surface area (Å²) in [6.07, 6.45) is 4.66. The maximum absolute atomic E-state index is 5.92. The number of hydrogen-bond donors (Lipinski definition) is 1. The van der Waals surface area contributed by atoms with Gasteiger partial charge in [0.15, 0.2) is 0 Å². The number of nitrogens with zero attached hydrogens (tertiary/aromatic N) is 2. The molecule has 0 aliphatic rings. The van der Waals surface area contributed by atoms with Gasteiger partial charge in [0.25, 0.3) is 0 Å². The highest BCUT2D eigenvalue weighted by Gasteiger charge is 2.16. The zero-order valence-corrected chi connectivity index (χ0v) is 13.1. The monoisotopic (exact) mass is 299 g/mol. The van der Waals surface area contributed by atoms with Crippen LogP contribution in [0.15, 0.2) is 54.9 Å². The third-order valence-electron chi connectivity index (χ3n) is 3.57. The van der Waals surface area contributed by atoms with Crippen LogP contribution in [0, 0.1) is 0 Å². The summed E-state index contributed by atoms with van der Waals surface area (Å²) in [5.41, 5.74) is 8.40. The van der Waals surface area contributed by atoms with Crippen LogP contribution in [-0.2, 0) is 6.42 Å². The normalized spacial score (nSPS) is 12.3. The molecule has 0 aliphatic heterocycles. The Kier molecular flexibility index (Phi) is 5.84. The summed E-state index contributed by atoms with van der Waals surface area (Å²) < 4.78 is 0. The van der Waals surface area contributed by atoms with Crippen LogP contribution in [0.3, 0.4) is 0 Å². The van der Waals surface area contributed by atoms with Gasteiger partial charge in [-0.1, -0.05) is 42.5 Å². The number of pyridine rings is 1. The van der Waals surface area contributed by atoms with E-state index in [1.807, 2.05) is 30.6 Å². The quantitative estimate of drug-likeness (QED) is 0.798. The van der Waals surface area contributed by atoms with Crippen molar-refractivity contribution in [2.24, 2.45) is 5.73 Å². The number of likely N-dealkylation sites (N-methyl/N-ethyl adjacent to an activating group) is 1. The van der Waals surface area contributed by atoms with E-state index in [0.29, 0.717) is 4.99 Å². The van der Waals surface area contributed by atoms with Gasteiger partial charge in [-0.05, 0) is 36.7 Å². The molecule has 1 aromatic carbocycles. The molecule has 0 saturated carbocycles. The van der Waals surface area contributed by atoms with E-state index in [2.05, 4.69) is 41.2 Å². The molecule has 110 valence electrons. The van der Waals surface area contributed by atoms with Crippen LogP contribution in [0.4, 0.5) is 0 Å². The van der Waals surface area contributed by atoms with Crippen molar-refractivity contribution >= 4 is 17.2 Å². The van der Waals surface area contributed by atoms with Gasteiger partial charge in [0.05, 0.1) is 4.99 Å². The number of benzene rings is 1. The first kappa shape index (κ1) is 15.6. The van der Waals surface area contributed by atoms with Gasteiger partial charge in [-0.3, -0.25) is 4.98 Å². The van der Waals surface area contributed by atoms with Crippen molar-refractivity contribution < 1.29 is 0 Å². The van der Waals surface area contributed by atoms with E-state index in [-0.39, 0.29) is 5.92 Å². The summed E-state index contributed by atoms with van der Waals surface area (Å²) in [5, 5.41) is 0. The molecule has 2 N–H and O–H groups in total. The van der Waals surface area contributed by atoms with Gasteiger partial charge in [-0.2, -0.15) is 0 Å². The molecule has 4 heteroatoms. The molecule has 0 spiro atoms. The van der Waals surface area contributed by atoms with Gasteiger partial charge < -0.3 is 10.6 Å². The molecule has 2 aromatic rings.